The molecule has 0 radical (unpaired) electrons. The van der Waals surface area contributed by atoms with Gasteiger partial charge in [-0.1, -0.05) is 0 Å². The first kappa shape index (κ1) is 8.13. The fourth-order valence-corrected chi connectivity index (χ4v) is 0.156. The van der Waals surface area contributed by atoms with Gasteiger partial charge in [0.25, 0.3) is 0 Å². The van der Waals surface area contributed by atoms with Gasteiger partial charge in [-0.3, -0.25) is 9.59 Å². The second kappa shape index (κ2) is 2.61. The van der Waals surface area contributed by atoms with Crippen LogP contribution in [0.15, 0.2) is 0 Å². The SMILES string of the molecule is O=CC(F)C(F)(F)C=O. The van der Waals surface area contributed by atoms with E-state index in [9.17, 15) is 22.8 Å². The second-order valence-corrected chi connectivity index (χ2v) is 1.33. The molecule has 0 bridgehead atoms. The molecule has 0 rings (SSSR count). The van der Waals surface area contributed by atoms with Gasteiger partial charge in [0.15, 0.2) is 12.6 Å². The Labute approximate surface area is 48.7 Å². The Morgan fingerprint density at radius 3 is 1.89 bits per heavy atom. The number of carbonyl (C=O) groups is 2. The van der Waals surface area contributed by atoms with Crippen molar-refractivity contribution in [3.8, 4) is 0 Å². The molecule has 0 saturated carbocycles. The number of halogens is 3. The molecule has 52 valence electrons. The van der Waals surface area contributed by atoms with Gasteiger partial charge in [0, 0.05) is 0 Å². The van der Waals surface area contributed by atoms with Crippen LogP contribution in [0.3, 0.4) is 0 Å². The Kier molecular flexibility index (Phi) is 2.36. The molecular weight excluding hydrogens is 137 g/mol. The van der Waals surface area contributed by atoms with Crippen LogP contribution in [0.2, 0.25) is 0 Å². The molecule has 0 fully saturated rings. The second-order valence-electron chi connectivity index (χ2n) is 1.33. The van der Waals surface area contributed by atoms with Crippen molar-refractivity contribution < 1.29 is 22.8 Å². The molecule has 0 aliphatic carbocycles. The van der Waals surface area contributed by atoms with Crippen LogP contribution in [0, 0.1) is 0 Å². The Morgan fingerprint density at radius 1 is 1.33 bits per heavy atom. The molecule has 0 aliphatic rings. The average Bonchev–Trinajstić information content (AvgIpc) is 1.86. The third kappa shape index (κ3) is 1.83. The average molecular weight is 140 g/mol. The Morgan fingerprint density at radius 2 is 1.78 bits per heavy atom. The third-order valence-corrected chi connectivity index (χ3v) is 0.644. The number of hydrogen-bond acceptors (Lipinski definition) is 2. The van der Waals surface area contributed by atoms with Crippen LogP contribution in [0.5, 0.6) is 0 Å². The zero-order chi connectivity index (χ0) is 7.49. The van der Waals surface area contributed by atoms with Gasteiger partial charge < -0.3 is 0 Å². The summed E-state index contributed by atoms with van der Waals surface area (Å²) >= 11 is 0. The fourth-order valence-electron chi connectivity index (χ4n) is 0.156. The van der Waals surface area contributed by atoms with E-state index in [0.29, 0.717) is 0 Å². The van der Waals surface area contributed by atoms with Crippen LogP contribution in [-0.2, 0) is 9.59 Å². The van der Waals surface area contributed by atoms with E-state index < -0.39 is 24.7 Å². The Bertz CT molecular complexity index is 123. The molecule has 0 aromatic carbocycles. The van der Waals surface area contributed by atoms with E-state index >= 15 is 0 Å². The van der Waals surface area contributed by atoms with Gasteiger partial charge in [-0.05, 0) is 0 Å². The zero-order valence-corrected chi connectivity index (χ0v) is 4.18. The molecule has 0 amide bonds. The van der Waals surface area contributed by atoms with Gasteiger partial charge in [-0.25, -0.2) is 4.39 Å². The van der Waals surface area contributed by atoms with Crippen LogP contribution in [0.1, 0.15) is 0 Å². The maximum atomic E-state index is 11.6. The van der Waals surface area contributed by atoms with Crippen molar-refractivity contribution in [1.82, 2.24) is 0 Å². The van der Waals surface area contributed by atoms with Crippen molar-refractivity contribution in [2.45, 2.75) is 12.1 Å². The van der Waals surface area contributed by atoms with Gasteiger partial charge in [0.05, 0.1) is 0 Å². The summed E-state index contributed by atoms with van der Waals surface area (Å²) in [6.07, 6.45) is -4.53. The topological polar surface area (TPSA) is 34.1 Å². The molecule has 0 aromatic rings. The largest absolute Gasteiger partial charge is 0.339 e. The predicted octanol–water partition coefficient (Wildman–Crippen LogP) is 0.358. The van der Waals surface area contributed by atoms with Gasteiger partial charge >= 0.3 is 5.92 Å². The molecule has 0 spiro atoms. The highest BCUT2D eigenvalue weighted by molar-refractivity contribution is 5.71. The first-order chi connectivity index (χ1) is 4.04. The van der Waals surface area contributed by atoms with Crippen LogP contribution in [0.25, 0.3) is 0 Å². The molecule has 0 aromatic heterocycles. The van der Waals surface area contributed by atoms with E-state index in [1.54, 1.807) is 0 Å². The number of aldehydes is 2. The number of alkyl halides is 3. The lowest BCUT2D eigenvalue weighted by molar-refractivity contribution is -0.144. The number of hydrogen-bond donors (Lipinski definition) is 0. The molecule has 0 aliphatic heterocycles. The minimum absolute atomic E-state index is 0.617. The molecule has 2 nitrogen and oxygen atoms in total. The van der Waals surface area contributed by atoms with Gasteiger partial charge in [0.1, 0.15) is 0 Å². The summed E-state index contributed by atoms with van der Waals surface area (Å²) in [6.45, 7) is 0. The molecule has 1 unspecified atom stereocenters. The summed E-state index contributed by atoms with van der Waals surface area (Å²) in [5.74, 6) is -4.16. The van der Waals surface area contributed by atoms with Gasteiger partial charge in [0.2, 0.25) is 6.17 Å². The van der Waals surface area contributed by atoms with Crippen molar-refractivity contribution >= 4 is 12.6 Å². The van der Waals surface area contributed by atoms with Crippen LogP contribution >= 0.6 is 0 Å². The smallest absolute Gasteiger partial charge is 0.300 e. The van der Waals surface area contributed by atoms with Crippen LogP contribution < -0.4 is 0 Å². The minimum Gasteiger partial charge on any atom is -0.300 e. The summed E-state index contributed by atoms with van der Waals surface area (Å²) in [7, 11) is 0. The van der Waals surface area contributed by atoms with Gasteiger partial charge in [-0.2, -0.15) is 8.78 Å². The van der Waals surface area contributed by atoms with Crippen molar-refractivity contribution in [3.05, 3.63) is 0 Å². The van der Waals surface area contributed by atoms with E-state index in [0.717, 1.165) is 0 Å². The monoisotopic (exact) mass is 140 g/mol. The molecule has 5 heteroatoms. The molecule has 1 atom stereocenters. The molecule has 0 N–H and O–H groups in total. The van der Waals surface area contributed by atoms with Crippen molar-refractivity contribution in [2.24, 2.45) is 0 Å². The summed E-state index contributed by atoms with van der Waals surface area (Å²) in [5, 5.41) is 0. The first-order valence-electron chi connectivity index (χ1n) is 1.98. The van der Waals surface area contributed by atoms with Crippen LogP contribution in [0.4, 0.5) is 13.2 Å². The maximum absolute atomic E-state index is 11.6. The van der Waals surface area contributed by atoms with E-state index in [1.165, 1.54) is 0 Å². The zero-order valence-electron chi connectivity index (χ0n) is 4.18. The molecule has 0 heterocycles. The normalized spacial score (nSPS) is 14.6. The lowest BCUT2D eigenvalue weighted by atomic mass is 10.2. The maximum Gasteiger partial charge on any atom is 0.339 e. The molecule has 9 heavy (non-hydrogen) atoms. The summed E-state index contributed by atoms with van der Waals surface area (Å²) in [6, 6.07) is 0. The molecular formula is C4H3F3O2. The molecule has 0 saturated heterocycles. The summed E-state index contributed by atoms with van der Waals surface area (Å²) < 4.78 is 34.7. The lowest BCUT2D eigenvalue weighted by Gasteiger charge is -2.06. The van der Waals surface area contributed by atoms with E-state index in [4.69, 9.17) is 0 Å². The van der Waals surface area contributed by atoms with Crippen LogP contribution in [-0.4, -0.2) is 24.7 Å². The van der Waals surface area contributed by atoms with Gasteiger partial charge in [-0.15, -0.1) is 0 Å². The Balaban J connectivity index is 4.11. The third-order valence-electron chi connectivity index (χ3n) is 0.644. The predicted molar refractivity (Wildman–Crippen MR) is 22.0 cm³/mol. The summed E-state index contributed by atoms with van der Waals surface area (Å²) in [5.41, 5.74) is 0. The highest BCUT2D eigenvalue weighted by atomic mass is 19.3. The fraction of sp³-hybridized carbons (Fsp3) is 0.500. The number of rotatable bonds is 3. The lowest BCUT2D eigenvalue weighted by Crippen LogP contribution is -2.32. The quantitative estimate of drug-likeness (QED) is 0.530. The standard InChI is InChI=1S/C4H3F3O2/c5-3(1-8)4(6,7)2-9/h1-3H. The highest BCUT2D eigenvalue weighted by Crippen LogP contribution is 2.16. The van der Waals surface area contributed by atoms with E-state index in [1.807, 2.05) is 0 Å². The van der Waals surface area contributed by atoms with E-state index in [2.05, 4.69) is 0 Å². The van der Waals surface area contributed by atoms with Crippen molar-refractivity contribution in [3.63, 3.8) is 0 Å². The Hall–Kier alpha value is -0.870. The first-order valence-corrected chi connectivity index (χ1v) is 1.98. The highest BCUT2D eigenvalue weighted by Gasteiger charge is 2.39. The van der Waals surface area contributed by atoms with Crippen molar-refractivity contribution in [1.29, 1.82) is 0 Å². The number of carbonyl (C=O) groups excluding carboxylic acids is 2. The van der Waals surface area contributed by atoms with Crippen molar-refractivity contribution in [2.75, 3.05) is 0 Å². The minimum atomic E-state index is -4.16. The summed E-state index contributed by atoms with van der Waals surface area (Å²) in [4.78, 5) is 18.6. The van der Waals surface area contributed by atoms with E-state index in [-0.39, 0.29) is 0 Å².